The van der Waals surface area contributed by atoms with Crippen LogP contribution in [0.15, 0.2) is 42.4 Å². The summed E-state index contributed by atoms with van der Waals surface area (Å²) in [4.78, 5) is 13.9. The van der Waals surface area contributed by atoms with Crippen LogP contribution in [0.25, 0.3) is 17.2 Å². The molecule has 3 heterocycles. The van der Waals surface area contributed by atoms with Gasteiger partial charge in [0.05, 0.1) is 6.61 Å². The summed E-state index contributed by atoms with van der Waals surface area (Å²) < 4.78 is 6.31. The van der Waals surface area contributed by atoms with Gasteiger partial charge in [0.1, 0.15) is 17.9 Å². The molecule has 0 fully saturated rings. The van der Waals surface area contributed by atoms with Crippen LogP contribution in [0, 0.1) is 17.3 Å². The maximum atomic E-state index is 6.31. The number of aromatic nitrogens is 3. The normalized spacial score (nSPS) is 21.0. The van der Waals surface area contributed by atoms with Crippen molar-refractivity contribution < 1.29 is 4.74 Å². The lowest BCUT2D eigenvalue weighted by Crippen LogP contribution is -2.27. The number of rotatable bonds is 5. The second-order valence-corrected chi connectivity index (χ2v) is 12.2. The molecule has 38 heavy (non-hydrogen) atoms. The van der Waals surface area contributed by atoms with Gasteiger partial charge in [-0.25, -0.2) is 15.0 Å². The number of fused-ring (bicyclic) bond motifs is 2. The van der Waals surface area contributed by atoms with E-state index < -0.39 is 0 Å². The lowest BCUT2D eigenvalue weighted by Gasteiger charge is -2.33. The van der Waals surface area contributed by atoms with Gasteiger partial charge in [0, 0.05) is 28.7 Å². The number of nitrogens with zero attached hydrogens (tertiary/aromatic N) is 3. The highest BCUT2D eigenvalue weighted by molar-refractivity contribution is 5.72. The topological polar surface area (TPSA) is 73.9 Å². The predicted octanol–water partition coefficient (Wildman–Crippen LogP) is 7.27. The standard InChI is InChI=1S/C33H42N4O/c1-6-21(2)13-26-16-27(19-35-32(26)34)24-7-8-31-25(15-24)14-22(3)23(10-12-38-31)17-30-28-18-33(4,5)11-9-29(28)36-20-37-30/h7-8,13,15-16,19-20,22-23H,6,9-12,14,17-18H2,1-5H3,(H2,34,35). The van der Waals surface area contributed by atoms with Crippen molar-refractivity contribution in [1.82, 2.24) is 15.0 Å². The van der Waals surface area contributed by atoms with E-state index in [2.05, 4.69) is 74.9 Å². The Kier molecular flexibility index (Phi) is 7.56. The number of pyridine rings is 1. The van der Waals surface area contributed by atoms with Gasteiger partial charge in [-0.15, -0.1) is 0 Å². The lowest BCUT2D eigenvalue weighted by molar-refractivity contribution is 0.219. The fraction of sp³-hybridized carbons (Fsp3) is 0.485. The van der Waals surface area contributed by atoms with E-state index >= 15 is 0 Å². The summed E-state index contributed by atoms with van der Waals surface area (Å²) >= 11 is 0. The van der Waals surface area contributed by atoms with Gasteiger partial charge in [-0.3, -0.25) is 0 Å². The van der Waals surface area contributed by atoms with E-state index in [-0.39, 0.29) is 0 Å². The highest BCUT2D eigenvalue weighted by Gasteiger charge is 2.30. The van der Waals surface area contributed by atoms with Crippen molar-refractivity contribution in [3.05, 3.63) is 70.4 Å². The molecule has 0 amide bonds. The van der Waals surface area contributed by atoms with E-state index in [1.54, 1.807) is 6.33 Å². The first-order chi connectivity index (χ1) is 18.2. The Balaban J connectivity index is 1.39. The second-order valence-electron chi connectivity index (χ2n) is 12.2. The number of hydrogen-bond donors (Lipinski definition) is 1. The summed E-state index contributed by atoms with van der Waals surface area (Å²) in [7, 11) is 0. The maximum absolute atomic E-state index is 6.31. The molecular weight excluding hydrogens is 468 g/mol. The van der Waals surface area contributed by atoms with E-state index in [1.165, 1.54) is 34.5 Å². The number of allylic oxidation sites excluding steroid dienone is 1. The molecule has 0 radical (unpaired) electrons. The summed E-state index contributed by atoms with van der Waals surface area (Å²) in [5.74, 6) is 2.61. The maximum Gasteiger partial charge on any atom is 0.130 e. The van der Waals surface area contributed by atoms with E-state index in [9.17, 15) is 0 Å². The number of hydrogen-bond acceptors (Lipinski definition) is 5. The van der Waals surface area contributed by atoms with Crippen molar-refractivity contribution in [3.63, 3.8) is 0 Å². The molecule has 0 saturated carbocycles. The molecule has 0 saturated heterocycles. The molecular formula is C33H42N4O. The van der Waals surface area contributed by atoms with Gasteiger partial charge in [-0.2, -0.15) is 0 Å². The smallest absolute Gasteiger partial charge is 0.130 e. The van der Waals surface area contributed by atoms with Crippen LogP contribution in [0.1, 0.15) is 82.0 Å². The molecule has 1 aliphatic heterocycles. The first-order valence-electron chi connectivity index (χ1n) is 14.2. The minimum atomic E-state index is 0.319. The van der Waals surface area contributed by atoms with Gasteiger partial charge in [0.25, 0.3) is 0 Å². The molecule has 2 atom stereocenters. The number of nitrogens with two attached hydrogens (primary N) is 1. The Morgan fingerprint density at radius 2 is 2.00 bits per heavy atom. The number of anilines is 1. The molecule has 5 nitrogen and oxygen atoms in total. The fourth-order valence-electron chi connectivity index (χ4n) is 5.97. The van der Waals surface area contributed by atoms with Crippen LogP contribution in [0.4, 0.5) is 5.82 Å². The summed E-state index contributed by atoms with van der Waals surface area (Å²) in [5, 5.41) is 0. The fourth-order valence-corrected chi connectivity index (χ4v) is 5.97. The number of nitrogen functional groups attached to an aromatic ring is 1. The van der Waals surface area contributed by atoms with Gasteiger partial charge < -0.3 is 10.5 Å². The Morgan fingerprint density at radius 3 is 2.82 bits per heavy atom. The summed E-state index contributed by atoms with van der Waals surface area (Å²) in [5.41, 5.74) is 16.2. The monoisotopic (exact) mass is 510 g/mol. The van der Waals surface area contributed by atoms with Gasteiger partial charge in [0.15, 0.2) is 0 Å². The predicted molar refractivity (Wildman–Crippen MR) is 156 cm³/mol. The van der Waals surface area contributed by atoms with E-state index in [0.29, 0.717) is 23.1 Å². The summed E-state index contributed by atoms with van der Waals surface area (Å²) in [6.45, 7) is 12.1. The van der Waals surface area contributed by atoms with Crippen LogP contribution >= 0.6 is 0 Å². The number of aryl methyl sites for hydroxylation is 1. The second kappa shape index (κ2) is 10.9. The molecule has 2 N–H and O–H groups in total. The van der Waals surface area contributed by atoms with E-state index in [4.69, 9.17) is 15.5 Å². The van der Waals surface area contributed by atoms with Crippen LogP contribution < -0.4 is 10.5 Å². The molecule has 5 rings (SSSR count). The van der Waals surface area contributed by atoms with Crippen molar-refractivity contribution in [1.29, 1.82) is 0 Å². The minimum Gasteiger partial charge on any atom is -0.493 e. The van der Waals surface area contributed by atoms with Crippen molar-refractivity contribution in [2.75, 3.05) is 12.3 Å². The average Bonchev–Trinajstić information content (AvgIpc) is 2.88. The number of benzene rings is 1. The molecule has 1 aromatic carbocycles. The average molecular weight is 511 g/mol. The zero-order valence-corrected chi connectivity index (χ0v) is 23.7. The first-order valence-corrected chi connectivity index (χ1v) is 14.2. The van der Waals surface area contributed by atoms with Crippen LogP contribution in [0.3, 0.4) is 0 Å². The van der Waals surface area contributed by atoms with Crippen molar-refractivity contribution in [2.45, 2.75) is 79.6 Å². The SMILES string of the molecule is CCC(C)=Cc1cc(-c2ccc3c(c2)CC(C)C(Cc2ncnc4c2CC(C)(C)CC4)CCO3)cnc1N. The highest BCUT2D eigenvalue weighted by atomic mass is 16.5. The van der Waals surface area contributed by atoms with Crippen LogP contribution in [0.5, 0.6) is 5.75 Å². The summed E-state index contributed by atoms with van der Waals surface area (Å²) in [6.07, 6.45) is 13.2. The zero-order valence-electron chi connectivity index (χ0n) is 23.7. The molecule has 0 spiro atoms. The third-order valence-electron chi connectivity index (χ3n) is 8.67. The highest BCUT2D eigenvalue weighted by Crippen LogP contribution is 2.38. The van der Waals surface area contributed by atoms with Gasteiger partial charge in [-0.05, 0) is 104 Å². The van der Waals surface area contributed by atoms with E-state index in [0.717, 1.165) is 67.6 Å². The summed E-state index contributed by atoms with van der Waals surface area (Å²) in [6, 6.07) is 8.71. The molecule has 1 aliphatic carbocycles. The van der Waals surface area contributed by atoms with Crippen LogP contribution in [0.2, 0.25) is 0 Å². The Morgan fingerprint density at radius 1 is 1.16 bits per heavy atom. The molecule has 2 aromatic heterocycles. The van der Waals surface area contributed by atoms with Crippen molar-refractivity contribution in [2.24, 2.45) is 17.3 Å². The van der Waals surface area contributed by atoms with Gasteiger partial charge >= 0.3 is 0 Å². The van der Waals surface area contributed by atoms with Gasteiger partial charge in [-0.1, -0.05) is 45.4 Å². The zero-order chi connectivity index (χ0) is 26.9. The third kappa shape index (κ3) is 5.77. The molecule has 200 valence electrons. The van der Waals surface area contributed by atoms with Crippen molar-refractivity contribution in [3.8, 4) is 16.9 Å². The quantitative estimate of drug-likeness (QED) is 0.391. The molecule has 2 aliphatic rings. The lowest BCUT2D eigenvalue weighted by atomic mass is 9.74. The minimum absolute atomic E-state index is 0.319. The van der Waals surface area contributed by atoms with Gasteiger partial charge in [0.2, 0.25) is 0 Å². The van der Waals surface area contributed by atoms with Crippen molar-refractivity contribution >= 4 is 11.9 Å². The van der Waals surface area contributed by atoms with Crippen LogP contribution in [-0.2, 0) is 25.7 Å². The number of ether oxygens (including phenoxy) is 1. The Labute approximate surface area is 228 Å². The largest absolute Gasteiger partial charge is 0.493 e. The van der Waals surface area contributed by atoms with Crippen LogP contribution in [-0.4, -0.2) is 21.6 Å². The molecule has 0 bridgehead atoms. The first kappa shape index (κ1) is 26.4. The Hall–Kier alpha value is -3.21. The molecule has 3 aromatic rings. The third-order valence-corrected chi connectivity index (χ3v) is 8.67. The molecule has 5 heteroatoms. The molecule has 2 unspecified atom stereocenters. The Bertz CT molecular complexity index is 1340. The van der Waals surface area contributed by atoms with E-state index in [1.807, 2.05) is 6.20 Å².